The highest BCUT2D eigenvalue weighted by molar-refractivity contribution is 5.95. The number of carboxylic acids is 1. The Labute approximate surface area is 121 Å². The molecule has 0 saturated carbocycles. The molecule has 0 saturated heterocycles. The van der Waals surface area contributed by atoms with Crippen molar-refractivity contribution < 1.29 is 19.4 Å². The number of amides is 1. The second-order valence-electron chi connectivity index (χ2n) is 5.90. The van der Waals surface area contributed by atoms with E-state index in [0.29, 0.717) is 24.9 Å². The number of ether oxygens (including phenoxy) is 1. The average molecular weight is 294 g/mol. The fourth-order valence-corrected chi connectivity index (χ4v) is 2.31. The van der Waals surface area contributed by atoms with Crippen LogP contribution in [0.4, 0.5) is 10.5 Å². The lowest BCUT2D eigenvalue weighted by Gasteiger charge is -2.31. The number of aromatic nitrogens is 1. The van der Waals surface area contributed by atoms with Gasteiger partial charge in [0.1, 0.15) is 11.3 Å². The molecule has 2 heterocycles. The molecule has 1 aliphatic rings. The van der Waals surface area contributed by atoms with Gasteiger partial charge in [-0.15, -0.1) is 0 Å². The van der Waals surface area contributed by atoms with Gasteiger partial charge in [0.25, 0.3) is 5.56 Å². The summed E-state index contributed by atoms with van der Waals surface area (Å²) >= 11 is 0. The zero-order chi connectivity index (χ0) is 15.8. The van der Waals surface area contributed by atoms with Crippen LogP contribution in [0.5, 0.6) is 0 Å². The van der Waals surface area contributed by atoms with E-state index in [2.05, 4.69) is 4.98 Å². The molecule has 0 bridgehead atoms. The van der Waals surface area contributed by atoms with Crippen LogP contribution in [0.25, 0.3) is 0 Å². The molecule has 0 spiro atoms. The minimum atomic E-state index is -1.13. The highest BCUT2D eigenvalue weighted by Crippen LogP contribution is 2.27. The second-order valence-corrected chi connectivity index (χ2v) is 5.90. The zero-order valence-corrected chi connectivity index (χ0v) is 12.2. The van der Waals surface area contributed by atoms with Gasteiger partial charge in [-0.05, 0) is 39.2 Å². The fourth-order valence-electron chi connectivity index (χ4n) is 2.31. The van der Waals surface area contributed by atoms with Crippen molar-refractivity contribution in [2.75, 3.05) is 11.4 Å². The third-order valence-corrected chi connectivity index (χ3v) is 3.10. The summed E-state index contributed by atoms with van der Waals surface area (Å²) in [5, 5.41) is 9.19. The van der Waals surface area contributed by atoms with E-state index in [0.717, 1.165) is 0 Å². The smallest absolute Gasteiger partial charge is 0.414 e. The Hall–Kier alpha value is -2.31. The van der Waals surface area contributed by atoms with Crippen LogP contribution in [0.3, 0.4) is 0 Å². The number of nitrogens with one attached hydrogen (secondary N) is 1. The Morgan fingerprint density at radius 3 is 2.62 bits per heavy atom. The quantitative estimate of drug-likeness (QED) is 0.822. The Morgan fingerprint density at radius 1 is 1.38 bits per heavy atom. The van der Waals surface area contributed by atoms with Gasteiger partial charge in [-0.2, -0.15) is 0 Å². The van der Waals surface area contributed by atoms with Gasteiger partial charge < -0.3 is 14.8 Å². The van der Waals surface area contributed by atoms with Crippen LogP contribution in [-0.4, -0.2) is 34.3 Å². The van der Waals surface area contributed by atoms with E-state index in [-0.39, 0.29) is 11.3 Å². The van der Waals surface area contributed by atoms with Crippen molar-refractivity contribution >= 4 is 17.7 Å². The van der Waals surface area contributed by atoms with E-state index in [1.807, 2.05) is 0 Å². The predicted octanol–water partition coefficient (Wildman–Crippen LogP) is 1.76. The van der Waals surface area contributed by atoms with Crippen LogP contribution in [0.2, 0.25) is 0 Å². The minimum absolute atomic E-state index is 0.0119. The Bertz CT molecular complexity index is 642. The number of aromatic carboxylic acids is 1. The molecule has 114 valence electrons. The molecule has 2 N–H and O–H groups in total. The van der Waals surface area contributed by atoms with E-state index in [1.54, 1.807) is 20.8 Å². The molecule has 0 aromatic carbocycles. The number of hydrogen-bond donors (Lipinski definition) is 2. The first-order chi connectivity index (χ1) is 9.70. The Balaban J connectivity index is 2.48. The van der Waals surface area contributed by atoms with Crippen molar-refractivity contribution in [1.29, 1.82) is 0 Å². The summed E-state index contributed by atoms with van der Waals surface area (Å²) in [5.41, 5.74) is -0.705. The summed E-state index contributed by atoms with van der Waals surface area (Å²) < 4.78 is 5.28. The SMILES string of the molecule is CC(C)(C)OC(=O)N1CCCc2c(C(=O)O)c[nH]c(=O)c21. The highest BCUT2D eigenvalue weighted by atomic mass is 16.6. The van der Waals surface area contributed by atoms with Crippen molar-refractivity contribution in [3.63, 3.8) is 0 Å². The van der Waals surface area contributed by atoms with Gasteiger partial charge in [0, 0.05) is 12.7 Å². The van der Waals surface area contributed by atoms with Gasteiger partial charge in [0.05, 0.1) is 5.56 Å². The number of hydrogen-bond acceptors (Lipinski definition) is 4. The van der Waals surface area contributed by atoms with E-state index >= 15 is 0 Å². The van der Waals surface area contributed by atoms with Crippen molar-refractivity contribution in [2.24, 2.45) is 0 Å². The average Bonchev–Trinajstić information content (AvgIpc) is 2.36. The first-order valence-electron chi connectivity index (χ1n) is 6.69. The van der Waals surface area contributed by atoms with Gasteiger partial charge in [0.2, 0.25) is 0 Å². The van der Waals surface area contributed by atoms with Crippen LogP contribution in [0, 0.1) is 0 Å². The summed E-state index contributed by atoms with van der Waals surface area (Å²) in [7, 11) is 0. The molecule has 0 atom stereocenters. The van der Waals surface area contributed by atoms with E-state index in [9.17, 15) is 19.5 Å². The monoisotopic (exact) mass is 294 g/mol. The van der Waals surface area contributed by atoms with Crippen molar-refractivity contribution in [2.45, 2.75) is 39.2 Å². The molecule has 7 heteroatoms. The lowest BCUT2D eigenvalue weighted by molar-refractivity contribution is 0.0574. The Kier molecular flexibility index (Phi) is 3.76. The number of pyridine rings is 1. The van der Waals surface area contributed by atoms with Gasteiger partial charge in [-0.3, -0.25) is 9.69 Å². The molecule has 0 aliphatic carbocycles. The molecule has 2 rings (SSSR count). The number of rotatable bonds is 1. The van der Waals surface area contributed by atoms with Crippen LogP contribution in [0.1, 0.15) is 43.1 Å². The van der Waals surface area contributed by atoms with Crippen molar-refractivity contribution in [1.82, 2.24) is 4.98 Å². The van der Waals surface area contributed by atoms with Gasteiger partial charge in [0.15, 0.2) is 0 Å². The number of carbonyl (C=O) groups excluding carboxylic acids is 1. The molecule has 1 aliphatic heterocycles. The molecule has 7 nitrogen and oxygen atoms in total. The first-order valence-corrected chi connectivity index (χ1v) is 6.69. The van der Waals surface area contributed by atoms with Crippen LogP contribution in [0.15, 0.2) is 11.0 Å². The molecular weight excluding hydrogens is 276 g/mol. The number of anilines is 1. The maximum absolute atomic E-state index is 12.2. The number of nitrogens with zero attached hydrogens (tertiary/aromatic N) is 1. The van der Waals surface area contributed by atoms with Crippen molar-refractivity contribution in [3.05, 3.63) is 27.7 Å². The van der Waals surface area contributed by atoms with Gasteiger partial charge >= 0.3 is 12.1 Å². The number of carboxylic acid groups (broad SMARTS) is 1. The lowest BCUT2D eigenvalue weighted by atomic mass is 9.99. The minimum Gasteiger partial charge on any atom is -0.478 e. The molecule has 1 amide bonds. The summed E-state index contributed by atoms with van der Waals surface area (Å²) in [6.07, 6.45) is 1.55. The summed E-state index contributed by atoms with van der Waals surface area (Å²) in [6.45, 7) is 5.52. The molecular formula is C14H18N2O5. The standard InChI is InChI=1S/C14H18N2O5/c1-14(2,3)21-13(20)16-6-4-5-8-9(12(18)19)7-15-11(17)10(8)16/h7H,4-6H2,1-3H3,(H,15,17)(H,18,19). The third-order valence-electron chi connectivity index (χ3n) is 3.10. The molecule has 21 heavy (non-hydrogen) atoms. The lowest BCUT2D eigenvalue weighted by Crippen LogP contribution is -2.43. The topological polar surface area (TPSA) is 99.7 Å². The first kappa shape index (κ1) is 15.1. The molecule has 1 aromatic heterocycles. The maximum Gasteiger partial charge on any atom is 0.414 e. The summed E-state index contributed by atoms with van der Waals surface area (Å²) in [6, 6.07) is 0. The van der Waals surface area contributed by atoms with Crippen LogP contribution >= 0.6 is 0 Å². The largest absolute Gasteiger partial charge is 0.478 e. The molecule has 1 aromatic rings. The number of H-pyrrole nitrogens is 1. The van der Waals surface area contributed by atoms with E-state index in [1.165, 1.54) is 11.1 Å². The maximum atomic E-state index is 12.2. The van der Waals surface area contributed by atoms with Crippen molar-refractivity contribution in [3.8, 4) is 0 Å². The van der Waals surface area contributed by atoms with Gasteiger partial charge in [-0.25, -0.2) is 9.59 Å². The zero-order valence-electron chi connectivity index (χ0n) is 12.2. The molecule has 0 radical (unpaired) electrons. The Morgan fingerprint density at radius 2 is 2.05 bits per heavy atom. The number of carbonyl (C=O) groups is 2. The predicted molar refractivity (Wildman–Crippen MR) is 75.9 cm³/mol. The van der Waals surface area contributed by atoms with Crippen LogP contribution in [-0.2, 0) is 11.2 Å². The van der Waals surface area contributed by atoms with Gasteiger partial charge in [-0.1, -0.05) is 0 Å². The normalized spacial score (nSPS) is 14.5. The highest BCUT2D eigenvalue weighted by Gasteiger charge is 2.31. The molecule has 0 unspecified atom stereocenters. The number of fused-ring (bicyclic) bond motifs is 1. The van der Waals surface area contributed by atoms with Crippen LogP contribution < -0.4 is 10.5 Å². The van der Waals surface area contributed by atoms with E-state index < -0.39 is 23.2 Å². The number of aromatic amines is 1. The summed E-state index contributed by atoms with van der Waals surface area (Å²) in [5.74, 6) is -1.13. The van der Waals surface area contributed by atoms with E-state index in [4.69, 9.17) is 4.74 Å². The molecule has 0 fully saturated rings. The third kappa shape index (κ3) is 3.07. The summed E-state index contributed by atoms with van der Waals surface area (Å²) in [4.78, 5) is 39.1. The second kappa shape index (κ2) is 5.23. The fraction of sp³-hybridized carbons (Fsp3) is 0.500.